The third-order valence-electron chi connectivity index (χ3n) is 4.09. The van der Waals surface area contributed by atoms with Crippen molar-refractivity contribution >= 4 is 12.0 Å². The minimum absolute atomic E-state index is 0.00487. The van der Waals surface area contributed by atoms with Gasteiger partial charge in [0.1, 0.15) is 17.6 Å². The third kappa shape index (κ3) is 4.82. The molecule has 1 aromatic heterocycles. The number of halogens is 2. The van der Waals surface area contributed by atoms with Gasteiger partial charge in [-0.05, 0) is 17.7 Å². The maximum Gasteiger partial charge on any atom is 0.387 e. The van der Waals surface area contributed by atoms with E-state index in [1.807, 2.05) is 41.9 Å². The number of rotatable bonds is 7. The lowest BCUT2D eigenvalue weighted by Gasteiger charge is -2.18. The predicted molar refractivity (Wildman–Crippen MR) is 102 cm³/mol. The number of para-hydroxylation sites is 1. The second-order valence-electron chi connectivity index (χ2n) is 6.00. The second kappa shape index (κ2) is 8.94. The van der Waals surface area contributed by atoms with E-state index in [0.29, 0.717) is 11.4 Å². The Labute approximate surface area is 161 Å². The lowest BCUT2D eigenvalue weighted by atomic mass is 10.1. The van der Waals surface area contributed by atoms with Crippen LogP contribution in [0.15, 0.2) is 73.1 Å². The summed E-state index contributed by atoms with van der Waals surface area (Å²) in [5.41, 5.74) is 1.26. The standard InChI is InChI=1S/C21H19F2N3O2/c1-26-14-13-24-20(26)19(16-8-3-2-4-9-16)25-18(27)12-11-15-7-5-6-10-17(15)28-21(22)23/h2-14,19,21H,1H3,(H,25,27)/b12-11+. The van der Waals surface area contributed by atoms with Gasteiger partial charge >= 0.3 is 6.61 Å². The fourth-order valence-electron chi connectivity index (χ4n) is 2.78. The highest BCUT2D eigenvalue weighted by molar-refractivity contribution is 5.92. The number of nitrogens with one attached hydrogen (secondary N) is 1. The average molecular weight is 383 g/mol. The van der Waals surface area contributed by atoms with Crippen LogP contribution in [0.25, 0.3) is 6.08 Å². The lowest BCUT2D eigenvalue weighted by Crippen LogP contribution is -2.29. The lowest BCUT2D eigenvalue weighted by molar-refractivity contribution is -0.117. The Kier molecular flexibility index (Phi) is 6.16. The molecule has 1 unspecified atom stereocenters. The van der Waals surface area contributed by atoms with E-state index < -0.39 is 12.7 Å². The molecule has 1 atom stereocenters. The monoisotopic (exact) mass is 383 g/mol. The van der Waals surface area contributed by atoms with Gasteiger partial charge in [0.2, 0.25) is 5.91 Å². The third-order valence-corrected chi connectivity index (χ3v) is 4.09. The molecule has 3 aromatic rings. The first-order valence-corrected chi connectivity index (χ1v) is 8.59. The molecular weight excluding hydrogens is 364 g/mol. The Morgan fingerprint density at radius 3 is 2.54 bits per heavy atom. The number of hydrogen-bond acceptors (Lipinski definition) is 3. The highest BCUT2D eigenvalue weighted by Crippen LogP contribution is 2.22. The quantitative estimate of drug-likeness (QED) is 0.629. The molecule has 2 aromatic carbocycles. The molecule has 144 valence electrons. The van der Waals surface area contributed by atoms with Crippen LogP contribution in [0, 0.1) is 0 Å². The molecule has 0 aliphatic rings. The molecule has 0 spiro atoms. The van der Waals surface area contributed by atoms with E-state index in [-0.39, 0.29) is 11.7 Å². The number of aryl methyl sites for hydroxylation is 1. The fraction of sp³-hybridized carbons (Fsp3) is 0.143. The second-order valence-corrected chi connectivity index (χ2v) is 6.00. The number of alkyl halides is 2. The number of hydrogen-bond donors (Lipinski definition) is 1. The summed E-state index contributed by atoms with van der Waals surface area (Å²) in [7, 11) is 1.85. The van der Waals surface area contributed by atoms with E-state index in [0.717, 1.165) is 5.56 Å². The van der Waals surface area contributed by atoms with Crippen molar-refractivity contribution in [3.05, 3.63) is 90.0 Å². The number of amides is 1. The number of nitrogens with zero attached hydrogens (tertiary/aromatic N) is 2. The number of carbonyl (C=O) groups excluding carboxylic acids is 1. The van der Waals surface area contributed by atoms with Crippen molar-refractivity contribution in [2.24, 2.45) is 7.05 Å². The molecule has 5 nitrogen and oxygen atoms in total. The minimum atomic E-state index is -2.94. The van der Waals surface area contributed by atoms with Crippen molar-refractivity contribution in [3.63, 3.8) is 0 Å². The summed E-state index contributed by atoms with van der Waals surface area (Å²) in [6.07, 6.45) is 6.18. The van der Waals surface area contributed by atoms with Crippen LogP contribution in [0.5, 0.6) is 5.75 Å². The first-order chi connectivity index (χ1) is 13.5. The minimum Gasteiger partial charge on any atom is -0.434 e. The van der Waals surface area contributed by atoms with Gasteiger partial charge in [-0.15, -0.1) is 0 Å². The summed E-state index contributed by atoms with van der Waals surface area (Å²) in [5.74, 6) is 0.295. The Morgan fingerprint density at radius 2 is 1.86 bits per heavy atom. The van der Waals surface area contributed by atoms with Crippen LogP contribution in [0.4, 0.5) is 8.78 Å². The van der Waals surface area contributed by atoms with Crippen molar-refractivity contribution in [2.45, 2.75) is 12.7 Å². The van der Waals surface area contributed by atoms with E-state index in [1.165, 1.54) is 18.2 Å². The number of ether oxygens (including phenoxy) is 1. The SMILES string of the molecule is Cn1ccnc1C(NC(=O)/C=C/c1ccccc1OC(F)F)c1ccccc1. The number of aromatic nitrogens is 2. The number of benzene rings is 2. The van der Waals surface area contributed by atoms with Gasteiger partial charge in [0, 0.05) is 31.1 Å². The predicted octanol–water partition coefficient (Wildman–Crippen LogP) is 3.94. The molecule has 0 bridgehead atoms. The molecular formula is C21H19F2N3O2. The van der Waals surface area contributed by atoms with Gasteiger partial charge in [0.25, 0.3) is 0 Å². The van der Waals surface area contributed by atoms with Gasteiger partial charge in [0.05, 0.1) is 0 Å². The first kappa shape index (κ1) is 19.3. The first-order valence-electron chi connectivity index (χ1n) is 8.59. The fourth-order valence-corrected chi connectivity index (χ4v) is 2.78. The summed E-state index contributed by atoms with van der Waals surface area (Å²) in [6.45, 7) is -2.94. The van der Waals surface area contributed by atoms with Crippen LogP contribution in [0.2, 0.25) is 0 Å². The summed E-state index contributed by atoms with van der Waals surface area (Å²) >= 11 is 0. The molecule has 1 heterocycles. The normalized spacial score (nSPS) is 12.3. The zero-order valence-electron chi connectivity index (χ0n) is 15.1. The summed E-state index contributed by atoms with van der Waals surface area (Å²) < 4.78 is 31.3. The maximum atomic E-state index is 12.5. The zero-order valence-corrected chi connectivity index (χ0v) is 15.1. The highest BCUT2D eigenvalue weighted by Gasteiger charge is 2.19. The van der Waals surface area contributed by atoms with Crippen molar-refractivity contribution in [2.75, 3.05) is 0 Å². The molecule has 0 saturated carbocycles. The van der Waals surface area contributed by atoms with Crippen molar-refractivity contribution in [1.82, 2.24) is 14.9 Å². The Balaban J connectivity index is 1.80. The van der Waals surface area contributed by atoms with Gasteiger partial charge in [-0.25, -0.2) is 4.98 Å². The van der Waals surface area contributed by atoms with Crippen LogP contribution in [0.1, 0.15) is 23.0 Å². The van der Waals surface area contributed by atoms with Gasteiger partial charge in [0.15, 0.2) is 0 Å². The van der Waals surface area contributed by atoms with Crippen LogP contribution in [-0.2, 0) is 11.8 Å². The molecule has 0 aliphatic heterocycles. The van der Waals surface area contributed by atoms with E-state index in [2.05, 4.69) is 15.0 Å². The Hall–Kier alpha value is -3.48. The smallest absolute Gasteiger partial charge is 0.387 e. The van der Waals surface area contributed by atoms with Gasteiger partial charge < -0.3 is 14.6 Å². The molecule has 0 saturated heterocycles. The number of imidazole rings is 1. The van der Waals surface area contributed by atoms with Gasteiger partial charge in [-0.2, -0.15) is 8.78 Å². The Morgan fingerprint density at radius 1 is 1.14 bits per heavy atom. The van der Waals surface area contributed by atoms with Crippen molar-refractivity contribution in [1.29, 1.82) is 0 Å². The molecule has 1 N–H and O–H groups in total. The van der Waals surface area contributed by atoms with E-state index in [4.69, 9.17) is 0 Å². The Bertz CT molecular complexity index is 955. The summed E-state index contributed by atoms with van der Waals surface area (Å²) in [4.78, 5) is 16.8. The summed E-state index contributed by atoms with van der Waals surface area (Å²) in [5, 5.41) is 2.91. The van der Waals surface area contributed by atoms with Crippen LogP contribution >= 0.6 is 0 Å². The largest absolute Gasteiger partial charge is 0.434 e. The van der Waals surface area contributed by atoms with E-state index in [9.17, 15) is 13.6 Å². The molecule has 3 rings (SSSR count). The molecule has 28 heavy (non-hydrogen) atoms. The topological polar surface area (TPSA) is 56.2 Å². The van der Waals surface area contributed by atoms with Gasteiger partial charge in [-0.1, -0.05) is 48.5 Å². The molecule has 7 heteroatoms. The van der Waals surface area contributed by atoms with E-state index >= 15 is 0 Å². The van der Waals surface area contributed by atoms with Crippen molar-refractivity contribution in [3.8, 4) is 5.75 Å². The van der Waals surface area contributed by atoms with Crippen LogP contribution in [-0.4, -0.2) is 22.1 Å². The molecule has 0 fully saturated rings. The molecule has 0 aliphatic carbocycles. The zero-order chi connectivity index (χ0) is 19.9. The van der Waals surface area contributed by atoms with Crippen LogP contribution < -0.4 is 10.1 Å². The van der Waals surface area contributed by atoms with Crippen molar-refractivity contribution < 1.29 is 18.3 Å². The summed E-state index contributed by atoms with van der Waals surface area (Å²) in [6, 6.07) is 15.3. The maximum absolute atomic E-state index is 12.5. The molecule has 0 radical (unpaired) electrons. The molecule has 1 amide bonds. The highest BCUT2D eigenvalue weighted by atomic mass is 19.3. The average Bonchev–Trinajstić information content (AvgIpc) is 3.11. The van der Waals surface area contributed by atoms with E-state index in [1.54, 1.807) is 30.6 Å². The van der Waals surface area contributed by atoms with Crippen LogP contribution in [0.3, 0.4) is 0 Å². The number of carbonyl (C=O) groups is 1. The van der Waals surface area contributed by atoms with Gasteiger partial charge in [-0.3, -0.25) is 4.79 Å².